The lowest BCUT2D eigenvalue weighted by atomic mass is 10.2. The number of ether oxygens (including phenoxy) is 1. The zero-order valence-electron chi connectivity index (χ0n) is 14.1. The first-order valence-electron chi connectivity index (χ1n) is 7.65. The molecule has 138 valence electrons. The fourth-order valence-corrected chi connectivity index (χ4v) is 2.29. The van der Waals surface area contributed by atoms with Crippen molar-refractivity contribution in [1.29, 1.82) is 0 Å². The first-order chi connectivity index (χ1) is 13.0. The standard InChI is InChI=1S/C16H14N6O5/c1-27-14-7-11(22(25)26)6-10(16(14)24)8-17-18-15(23)9-21-19-12-4-2-3-5-13(12)20-21/h2-8,24H,9H2,1H3,(H,18,23)/b17-8-. The fourth-order valence-electron chi connectivity index (χ4n) is 2.29. The van der Waals surface area contributed by atoms with Gasteiger partial charge in [0.15, 0.2) is 11.5 Å². The summed E-state index contributed by atoms with van der Waals surface area (Å²) in [6.07, 6.45) is 1.08. The predicted octanol–water partition coefficient (Wildman–Crippen LogP) is 1.20. The largest absolute Gasteiger partial charge is 0.504 e. The molecule has 0 aliphatic heterocycles. The summed E-state index contributed by atoms with van der Waals surface area (Å²) in [6.45, 7) is -0.170. The number of rotatable bonds is 6. The molecular formula is C16H14N6O5. The Bertz CT molecular complexity index is 1010. The number of methoxy groups -OCH3 is 1. The second kappa shape index (κ2) is 7.47. The summed E-state index contributed by atoms with van der Waals surface area (Å²) in [7, 11) is 1.27. The SMILES string of the molecule is COc1cc([N+](=O)[O-])cc(/C=N\NC(=O)Cn2nc3ccccc3n2)c1O. The zero-order valence-corrected chi connectivity index (χ0v) is 14.1. The molecule has 0 radical (unpaired) electrons. The summed E-state index contributed by atoms with van der Waals surface area (Å²) in [5.41, 5.74) is 3.29. The molecule has 0 fully saturated rings. The molecule has 0 atom stereocenters. The number of hydrogen-bond donors (Lipinski definition) is 2. The third-order valence-corrected chi connectivity index (χ3v) is 3.53. The maximum atomic E-state index is 11.9. The summed E-state index contributed by atoms with van der Waals surface area (Å²) in [4.78, 5) is 23.5. The van der Waals surface area contributed by atoms with Gasteiger partial charge in [0.2, 0.25) is 0 Å². The molecule has 0 aliphatic rings. The fraction of sp³-hybridized carbons (Fsp3) is 0.125. The lowest BCUT2D eigenvalue weighted by Crippen LogP contribution is -2.24. The minimum absolute atomic E-state index is 0.0179. The average Bonchev–Trinajstić information content (AvgIpc) is 3.05. The Labute approximate surface area is 152 Å². The number of hydrazone groups is 1. The molecule has 27 heavy (non-hydrogen) atoms. The number of nitro groups is 1. The van der Waals surface area contributed by atoms with E-state index in [1.54, 1.807) is 12.1 Å². The van der Waals surface area contributed by atoms with Crippen LogP contribution in [0.25, 0.3) is 11.0 Å². The van der Waals surface area contributed by atoms with E-state index < -0.39 is 10.8 Å². The van der Waals surface area contributed by atoms with Gasteiger partial charge in [0, 0.05) is 11.6 Å². The number of benzene rings is 2. The highest BCUT2D eigenvalue weighted by Gasteiger charge is 2.16. The molecule has 0 spiro atoms. The number of fused-ring (bicyclic) bond motifs is 1. The first-order valence-corrected chi connectivity index (χ1v) is 7.65. The summed E-state index contributed by atoms with van der Waals surface area (Å²) in [5, 5.41) is 32.9. The number of aromatic hydroxyl groups is 1. The summed E-state index contributed by atoms with van der Waals surface area (Å²) in [6, 6.07) is 9.35. The van der Waals surface area contributed by atoms with Crippen LogP contribution in [0.1, 0.15) is 5.56 Å². The van der Waals surface area contributed by atoms with E-state index >= 15 is 0 Å². The third-order valence-electron chi connectivity index (χ3n) is 3.53. The van der Waals surface area contributed by atoms with Crippen molar-refractivity contribution < 1.29 is 19.6 Å². The van der Waals surface area contributed by atoms with Gasteiger partial charge < -0.3 is 9.84 Å². The Hall–Kier alpha value is -4.02. The molecule has 0 aliphatic carbocycles. The van der Waals surface area contributed by atoms with Crippen molar-refractivity contribution in [3.8, 4) is 11.5 Å². The van der Waals surface area contributed by atoms with Crippen LogP contribution < -0.4 is 10.2 Å². The highest BCUT2D eigenvalue weighted by Crippen LogP contribution is 2.33. The van der Waals surface area contributed by atoms with Gasteiger partial charge in [0.1, 0.15) is 17.6 Å². The quantitative estimate of drug-likeness (QED) is 0.377. The van der Waals surface area contributed by atoms with Crippen LogP contribution in [-0.2, 0) is 11.3 Å². The van der Waals surface area contributed by atoms with Crippen molar-refractivity contribution in [3.05, 3.63) is 52.1 Å². The first kappa shape index (κ1) is 17.8. The monoisotopic (exact) mass is 370 g/mol. The molecule has 0 saturated heterocycles. The maximum Gasteiger partial charge on any atom is 0.274 e. The van der Waals surface area contributed by atoms with E-state index in [0.717, 1.165) is 18.3 Å². The molecule has 0 unspecified atom stereocenters. The molecule has 11 nitrogen and oxygen atoms in total. The van der Waals surface area contributed by atoms with Crippen LogP contribution in [0.3, 0.4) is 0 Å². The average molecular weight is 370 g/mol. The number of hydrogen-bond acceptors (Lipinski definition) is 8. The van der Waals surface area contributed by atoms with Crippen LogP contribution in [-0.4, -0.2) is 44.3 Å². The highest BCUT2D eigenvalue weighted by atomic mass is 16.6. The van der Waals surface area contributed by atoms with Crippen LogP contribution in [0, 0.1) is 10.1 Å². The van der Waals surface area contributed by atoms with E-state index in [1.165, 1.54) is 11.9 Å². The van der Waals surface area contributed by atoms with Crippen molar-refractivity contribution in [2.75, 3.05) is 7.11 Å². The lowest BCUT2D eigenvalue weighted by Gasteiger charge is -2.06. The van der Waals surface area contributed by atoms with Gasteiger partial charge >= 0.3 is 0 Å². The van der Waals surface area contributed by atoms with Gasteiger partial charge in [-0.1, -0.05) is 12.1 Å². The second-order valence-electron chi connectivity index (χ2n) is 5.36. The van der Waals surface area contributed by atoms with E-state index in [4.69, 9.17) is 4.74 Å². The molecule has 0 saturated carbocycles. The summed E-state index contributed by atoms with van der Waals surface area (Å²) in [5.74, 6) is -0.922. The predicted molar refractivity (Wildman–Crippen MR) is 94.6 cm³/mol. The number of phenols is 1. The topological polar surface area (TPSA) is 145 Å². The Morgan fingerprint density at radius 3 is 2.63 bits per heavy atom. The van der Waals surface area contributed by atoms with Gasteiger partial charge in [0.25, 0.3) is 11.6 Å². The number of nitrogens with one attached hydrogen (secondary N) is 1. The van der Waals surface area contributed by atoms with Crippen LogP contribution in [0.15, 0.2) is 41.5 Å². The third kappa shape index (κ3) is 3.98. The number of phenolic OH excluding ortho intramolecular Hbond substituents is 1. The minimum Gasteiger partial charge on any atom is -0.504 e. The molecule has 3 aromatic rings. The zero-order chi connectivity index (χ0) is 19.4. The molecule has 11 heteroatoms. The maximum absolute atomic E-state index is 11.9. The molecule has 0 bridgehead atoms. The van der Waals surface area contributed by atoms with Gasteiger partial charge in [-0.2, -0.15) is 20.1 Å². The number of carbonyl (C=O) groups is 1. The number of carbonyl (C=O) groups excluding carboxylic acids is 1. The van der Waals surface area contributed by atoms with Crippen molar-refractivity contribution >= 4 is 28.8 Å². The Balaban J connectivity index is 1.70. The lowest BCUT2D eigenvalue weighted by molar-refractivity contribution is -0.385. The van der Waals surface area contributed by atoms with Crippen LogP contribution in [0.5, 0.6) is 11.5 Å². The van der Waals surface area contributed by atoms with E-state index in [-0.39, 0.29) is 29.3 Å². The molecule has 2 aromatic carbocycles. The molecule has 1 amide bonds. The molecule has 1 aromatic heterocycles. The number of amides is 1. The van der Waals surface area contributed by atoms with Crippen LogP contribution >= 0.6 is 0 Å². The number of nitro benzene ring substituents is 1. The smallest absolute Gasteiger partial charge is 0.274 e. The Morgan fingerprint density at radius 1 is 1.37 bits per heavy atom. The van der Waals surface area contributed by atoms with Crippen molar-refractivity contribution in [2.45, 2.75) is 6.54 Å². The van der Waals surface area contributed by atoms with Crippen molar-refractivity contribution in [3.63, 3.8) is 0 Å². The van der Waals surface area contributed by atoms with Gasteiger partial charge in [-0.05, 0) is 12.1 Å². The van der Waals surface area contributed by atoms with Gasteiger partial charge in [-0.25, -0.2) is 5.43 Å². The van der Waals surface area contributed by atoms with Crippen molar-refractivity contribution in [2.24, 2.45) is 5.10 Å². The van der Waals surface area contributed by atoms with Gasteiger partial charge in [-0.15, -0.1) is 0 Å². The number of non-ortho nitro benzene ring substituents is 1. The number of aromatic nitrogens is 3. The summed E-state index contributed by atoms with van der Waals surface area (Å²) < 4.78 is 4.89. The number of nitrogens with zero attached hydrogens (tertiary/aromatic N) is 5. The van der Waals surface area contributed by atoms with E-state index in [1.807, 2.05) is 12.1 Å². The van der Waals surface area contributed by atoms with Gasteiger partial charge in [0.05, 0.1) is 24.3 Å². The van der Waals surface area contributed by atoms with E-state index in [0.29, 0.717) is 11.0 Å². The molecular weight excluding hydrogens is 356 g/mol. The molecule has 3 rings (SSSR count). The summed E-state index contributed by atoms with van der Waals surface area (Å²) >= 11 is 0. The molecule has 1 heterocycles. The highest BCUT2D eigenvalue weighted by molar-refractivity contribution is 5.87. The molecule has 2 N–H and O–H groups in total. The van der Waals surface area contributed by atoms with E-state index in [9.17, 15) is 20.0 Å². The Kier molecular flexibility index (Phi) is 4.92. The van der Waals surface area contributed by atoms with Gasteiger partial charge in [-0.3, -0.25) is 14.9 Å². The van der Waals surface area contributed by atoms with E-state index in [2.05, 4.69) is 20.7 Å². The van der Waals surface area contributed by atoms with Crippen LogP contribution in [0.2, 0.25) is 0 Å². The second-order valence-corrected chi connectivity index (χ2v) is 5.36. The minimum atomic E-state index is -0.633. The van der Waals surface area contributed by atoms with Crippen LogP contribution in [0.4, 0.5) is 5.69 Å². The van der Waals surface area contributed by atoms with Crippen molar-refractivity contribution in [1.82, 2.24) is 20.4 Å². The Morgan fingerprint density at radius 2 is 2.04 bits per heavy atom. The normalized spacial score (nSPS) is 11.0.